The number of rotatable bonds is 5. The summed E-state index contributed by atoms with van der Waals surface area (Å²) in [4.78, 5) is 22.6. The second-order valence-electron chi connectivity index (χ2n) is 3.95. The topological polar surface area (TPSA) is 61.2 Å². The Morgan fingerprint density at radius 2 is 2.11 bits per heavy atom. The predicted octanol–water partition coefficient (Wildman–Crippen LogP) is 1.92. The number of aromatic nitrogens is 2. The van der Waals surface area contributed by atoms with Crippen molar-refractivity contribution < 1.29 is 14.3 Å². The van der Waals surface area contributed by atoms with Crippen molar-refractivity contribution in [3.8, 4) is 0 Å². The number of hydrogen-bond donors (Lipinski definition) is 0. The van der Waals surface area contributed by atoms with Gasteiger partial charge in [-0.15, -0.1) is 0 Å². The second-order valence-corrected chi connectivity index (χ2v) is 3.95. The van der Waals surface area contributed by atoms with E-state index in [0.717, 1.165) is 5.56 Å². The molecular formula is C14H14N2O3. The van der Waals surface area contributed by atoms with Crippen LogP contribution in [0.25, 0.3) is 0 Å². The van der Waals surface area contributed by atoms with Crippen molar-refractivity contribution >= 4 is 12.3 Å². The van der Waals surface area contributed by atoms with Crippen molar-refractivity contribution in [1.82, 2.24) is 9.78 Å². The molecule has 1 aromatic heterocycles. The van der Waals surface area contributed by atoms with Gasteiger partial charge in [-0.2, -0.15) is 5.10 Å². The van der Waals surface area contributed by atoms with Crippen molar-refractivity contribution in [1.29, 1.82) is 0 Å². The Morgan fingerprint density at radius 3 is 2.74 bits per heavy atom. The van der Waals surface area contributed by atoms with Crippen LogP contribution < -0.4 is 0 Å². The number of esters is 1. The third kappa shape index (κ3) is 3.07. The summed E-state index contributed by atoms with van der Waals surface area (Å²) in [5.41, 5.74) is 1.35. The van der Waals surface area contributed by atoms with Gasteiger partial charge in [0.15, 0.2) is 12.0 Å². The smallest absolute Gasteiger partial charge is 0.359 e. The zero-order valence-electron chi connectivity index (χ0n) is 10.6. The summed E-state index contributed by atoms with van der Waals surface area (Å²) in [5.74, 6) is -0.573. The molecule has 1 aromatic carbocycles. The van der Waals surface area contributed by atoms with Crippen LogP contribution in [0, 0.1) is 0 Å². The van der Waals surface area contributed by atoms with Crippen molar-refractivity contribution in [2.75, 3.05) is 6.61 Å². The lowest BCUT2D eigenvalue weighted by atomic mass is 10.2. The fourth-order valence-electron chi connectivity index (χ4n) is 1.73. The molecule has 0 atom stereocenters. The summed E-state index contributed by atoms with van der Waals surface area (Å²) in [6.07, 6.45) is 2.16. The Kier molecular flexibility index (Phi) is 4.07. The van der Waals surface area contributed by atoms with Crippen LogP contribution in [0.15, 0.2) is 36.5 Å². The molecule has 98 valence electrons. The van der Waals surface area contributed by atoms with E-state index in [9.17, 15) is 9.59 Å². The molecule has 1 heterocycles. The molecule has 5 nitrogen and oxygen atoms in total. The van der Waals surface area contributed by atoms with E-state index < -0.39 is 5.97 Å². The van der Waals surface area contributed by atoms with Crippen molar-refractivity contribution in [2.45, 2.75) is 13.5 Å². The van der Waals surface area contributed by atoms with Crippen molar-refractivity contribution in [3.63, 3.8) is 0 Å². The summed E-state index contributed by atoms with van der Waals surface area (Å²) in [6, 6.07) is 9.67. The monoisotopic (exact) mass is 258 g/mol. The van der Waals surface area contributed by atoms with Crippen LogP contribution in [0.4, 0.5) is 0 Å². The Balaban J connectivity index is 2.24. The minimum Gasteiger partial charge on any atom is -0.461 e. The molecule has 0 aliphatic heterocycles. The molecule has 0 spiro atoms. The van der Waals surface area contributed by atoms with Gasteiger partial charge < -0.3 is 4.74 Å². The molecule has 0 saturated carbocycles. The highest BCUT2D eigenvalue weighted by Gasteiger charge is 2.17. The summed E-state index contributed by atoms with van der Waals surface area (Å²) in [6.45, 7) is 2.46. The van der Waals surface area contributed by atoms with Gasteiger partial charge in [0.1, 0.15) is 0 Å². The third-order valence-electron chi connectivity index (χ3n) is 2.57. The normalized spacial score (nSPS) is 10.2. The van der Waals surface area contributed by atoms with Crippen LogP contribution in [-0.2, 0) is 11.3 Å². The predicted molar refractivity (Wildman–Crippen MR) is 69.1 cm³/mol. The first-order valence-electron chi connectivity index (χ1n) is 5.98. The number of carbonyl (C=O) groups excluding carboxylic acids is 2. The molecular weight excluding hydrogens is 244 g/mol. The molecule has 0 unspecified atom stereocenters. The Labute approximate surface area is 110 Å². The zero-order valence-corrected chi connectivity index (χ0v) is 10.6. The average Bonchev–Trinajstić information content (AvgIpc) is 2.83. The van der Waals surface area contributed by atoms with E-state index in [1.54, 1.807) is 17.8 Å². The van der Waals surface area contributed by atoms with Crippen LogP contribution in [0.5, 0.6) is 0 Å². The van der Waals surface area contributed by atoms with Gasteiger partial charge in [0.2, 0.25) is 0 Å². The van der Waals surface area contributed by atoms with E-state index >= 15 is 0 Å². The minimum atomic E-state index is -0.573. The molecule has 5 heteroatoms. The van der Waals surface area contributed by atoms with Crippen molar-refractivity contribution in [2.24, 2.45) is 0 Å². The number of nitrogens with zero attached hydrogens (tertiary/aromatic N) is 2. The molecule has 0 fully saturated rings. The molecule has 0 aliphatic carbocycles. The maximum absolute atomic E-state index is 11.6. The Hall–Kier alpha value is -2.43. The van der Waals surface area contributed by atoms with Gasteiger partial charge in [0, 0.05) is 6.20 Å². The fraction of sp³-hybridized carbons (Fsp3) is 0.214. The second kappa shape index (κ2) is 5.95. The van der Waals surface area contributed by atoms with E-state index in [4.69, 9.17) is 4.74 Å². The molecule has 0 N–H and O–H groups in total. The molecule has 2 aromatic rings. The molecule has 19 heavy (non-hydrogen) atoms. The lowest BCUT2D eigenvalue weighted by molar-refractivity contribution is 0.0516. The summed E-state index contributed by atoms with van der Waals surface area (Å²) in [5, 5.41) is 4.11. The molecule has 0 saturated heterocycles. The standard InChI is InChI=1S/C14H14N2O3/c1-2-19-14(18)13-12(10-17)9-16(15-13)8-11-6-4-3-5-7-11/h3-7,9-10H,2,8H2,1H3. The first kappa shape index (κ1) is 13.0. The van der Waals surface area contributed by atoms with Gasteiger partial charge in [-0.05, 0) is 12.5 Å². The quantitative estimate of drug-likeness (QED) is 0.607. The van der Waals surface area contributed by atoms with Crippen LogP contribution in [0.1, 0.15) is 33.3 Å². The number of ether oxygens (including phenoxy) is 1. The SMILES string of the molecule is CCOC(=O)c1nn(Cc2ccccc2)cc1C=O. The van der Waals surface area contributed by atoms with E-state index in [1.165, 1.54) is 0 Å². The summed E-state index contributed by atoms with van der Waals surface area (Å²) >= 11 is 0. The van der Waals surface area contributed by atoms with Crippen LogP contribution in [0.2, 0.25) is 0 Å². The van der Waals surface area contributed by atoms with Gasteiger partial charge in [0.05, 0.1) is 18.7 Å². The summed E-state index contributed by atoms with van der Waals surface area (Å²) < 4.78 is 6.42. The first-order chi connectivity index (χ1) is 9.24. The lowest BCUT2D eigenvalue weighted by Gasteiger charge is -2.01. The Morgan fingerprint density at radius 1 is 1.37 bits per heavy atom. The minimum absolute atomic E-state index is 0.0628. The Bertz CT molecular complexity index is 576. The number of carbonyl (C=O) groups is 2. The highest BCUT2D eigenvalue weighted by molar-refractivity contribution is 5.96. The number of hydrogen-bond acceptors (Lipinski definition) is 4. The van der Waals surface area contributed by atoms with Gasteiger partial charge >= 0.3 is 5.97 Å². The van der Waals surface area contributed by atoms with E-state index in [2.05, 4.69) is 5.10 Å². The van der Waals surface area contributed by atoms with E-state index in [0.29, 0.717) is 12.8 Å². The highest BCUT2D eigenvalue weighted by Crippen LogP contribution is 2.09. The van der Waals surface area contributed by atoms with Crippen LogP contribution >= 0.6 is 0 Å². The average molecular weight is 258 g/mol. The molecule has 0 amide bonds. The van der Waals surface area contributed by atoms with Gasteiger partial charge in [-0.1, -0.05) is 30.3 Å². The molecule has 2 rings (SSSR count). The zero-order chi connectivity index (χ0) is 13.7. The van der Waals surface area contributed by atoms with Gasteiger partial charge in [-0.25, -0.2) is 4.79 Å². The fourth-order valence-corrected chi connectivity index (χ4v) is 1.73. The molecule has 0 aliphatic rings. The first-order valence-corrected chi connectivity index (χ1v) is 5.98. The van der Waals surface area contributed by atoms with Crippen LogP contribution in [-0.4, -0.2) is 28.6 Å². The maximum Gasteiger partial charge on any atom is 0.359 e. The maximum atomic E-state index is 11.6. The summed E-state index contributed by atoms with van der Waals surface area (Å²) in [7, 11) is 0. The number of aldehydes is 1. The van der Waals surface area contributed by atoms with E-state index in [1.807, 2.05) is 30.3 Å². The highest BCUT2D eigenvalue weighted by atomic mass is 16.5. The van der Waals surface area contributed by atoms with Gasteiger partial charge in [-0.3, -0.25) is 9.48 Å². The van der Waals surface area contributed by atoms with Gasteiger partial charge in [0.25, 0.3) is 0 Å². The molecule has 0 bridgehead atoms. The van der Waals surface area contributed by atoms with Crippen LogP contribution in [0.3, 0.4) is 0 Å². The lowest BCUT2D eigenvalue weighted by Crippen LogP contribution is -2.09. The van der Waals surface area contributed by atoms with Crippen molar-refractivity contribution in [3.05, 3.63) is 53.3 Å². The largest absolute Gasteiger partial charge is 0.461 e. The number of benzene rings is 1. The van der Waals surface area contributed by atoms with E-state index in [-0.39, 0.29) is 17.9 Å². The third-order valence-corrected chi connectivity index (χ3v) is 2.57. The molecule has 0 radical (unpaired) electrons.